The fraction of sp³-hybridized carbons (Fsp3) is 0.471. The first kappa shape index (κ1) is 14.5. The average molecular weight is 301 g/mol. The fourth-order valence-electron chi connectivity index (χ4n) is 2.99. The van der Waals surface area contributed by atoms with Crippen molar-refractivity contribution in [2.24, 2.45) is 5.73 Å². The van der Waals surface area contributed by atoms with Crippen molar-refractivity contribution in [2.45, 2.75) is 38.6 Å². The van der Waals surface area contributed by atoms with Crippen LogP contribution in [0.2, 0.25) is 0 Å². The highest BCUT2D eigenvalue weighted by Crippen LogP contribution is 2.35. The number of benzene rings is 1. The van der Waals surface area contributed by atoms with Gasteiger partial charge in [0.1, 0.15) is 5.01 Å². The van der Waals surface area contributed by atoms with Crippen molar-refractivity contribution in [3.8, 4) is 0 Å². The number of aromatic nitrogens is 1. The first-order chi connectivity index (χ1) is 10.1. The van der Waals surface area contributed by atoms with E-state index in [9.17, 15) is 0 Å². The van der Waals surface area contributed by atoms with Gasteiger partial charge >= 0.3 is 0 Å². The molecule has 4 heteroatoms. The van der Waals surface area contributed by atoms with Crippen LogP contribution in [0.5, 0.6) is 0 Å². The van der Waals surface area contributed by atoms with E-state index in [-0.39, 0.29) is 5.54 Å². The van der Waals surface area contributed by atoms with Crippen molar-refractivity contribution in [1.29, 1.82) is 0 Å². The van der Waals surface area contributed by atoms with Gasteiger partial charge in [0.25, 0.3) is 0 Å². The SMILES string of the molecule is CCc1nc(C2(N)CCN(c3ccccc3)CC2)sc1C. The number of rotatable bonds is 3. The van der Waals surface area contributed by atoms with E-state index in [4.69, 9.17) is 10.7 Å². The Hall–Kier alpha value is -1.39. The predicted octanol–water partition coefficient (Wildman–Crippen LogP) is 3.47. The van der Waals surface area contributed by atoms with E-state index >= 15 is 0 Å². The van der Waals surface area contributed by atoms with Gasteiger partial charge in [-0.1, -0.05) is 25.1 Å². The molecule has 21 heavy (non-hydrogen) atoms. The molecular formula is C17H23N3S. The van der Waals surface area contributed by atoms with E-state index in [2.05, 4.69) is 49.1 Å². The van der Waals surface area contributed by atoms with Gasteiger partial charge < -0.3 is 10.6 Å². The molecule has 1 aromatic heterocycles. The van der Waals surface area contributed by atoms with Crippen molar-refractivity contribution in [3.63, 3.8) is 0 Å². The van der Waals surface area contributed by atoms with Crippen LogP contribution in [0.3, 0.4) is 0 Å². The number of nitrogens with two attached hydrogens (primary N) is 1. The minimum atomic E-state index is -0.242. The molecule has 1 aromatic carbocycles. The molecule has 1 fully saturated rings. The third-order valence-corrected chi connectivity index (χ3v) is 5.66. The summed E-state index contributed by atoms with van der Waals surface area (Å²) < 4.78 is 0. The summed E-state index contributed by atoms with van der Waals surface area (Å²) in [6.07, 6.45) is 2.94. The van der Waals surface area contributed by atoms with Gasteiger partial charge in [-0.05, 0) is 38.3 Å². The average Bonchev–Trinajstić information content (AvgIpc) is 2.91. The Morgan fingerprint density at radius 3 is 2.48 bits per heavy atom. The number of hydrogen-bond acceptors (Lipinski definition) is 4. The molecule has 0 unspecified atom stereocenters. The minimum Gasteiger partial charge on any atom is -0.371 e. The summed E-state index contributed by atoms with van der Waals surface area (Å²) in [5, 5.41) is 1.13. The summed E-state index contributed by atoms with van der Waals surface area (Å²) in [5.41, 5.74) is 8.95. The first-order valence-electron chi connectivity index (χ1n) is 7.68. The van der Waals surface area contributed by atoms with Crippen LogP contribution in [0.15, 0.2) is 30.3 Å². The standard InChI is InChI=1S/C17H23N3S/c1-3-15-13(2)21-16(19-15)17(18)9-11-20(12-10-17)14-7-5-4-6-8-14/h4-8H,3,9-12,18H2,1-2H3. The molecule has 0 spiro atoms. The topological polar surface area (TPSA) is 42.1 Å². The summed E-state index contributed by atoms with van der Waals surface area (Å²) >= 11 is 1.79. The molecule has 3 nitrogen and oxygen atoms in total. The summed E-state index contributed by atoms with van der Waals surface area (Å²) in [4.78, 5) is 8.54. The summed E-state index contributed by atoms with van der Waals surface area (Å²) in [5.74, 6) is 0. The predicted molar refractivity (Wildman–Crippen MR) is 90.0 cm³/mol. The maximum absolute atomic E-state index is 6.68. The lowest BCUT2D eigenvalue weighted by atomic mass is 9.89. The fourth-order valence-corrected chi connectivity index (χ4v) is 4.15. The van der Waals surface area contributed by atoms with Gasteiger partial charge in [-0.25, -0.2) is 4.98 Å². The lowest BCUT2D eigenvalue weighted by Gasteiger charge is -2.39. The monoisotopic (exact) mass is 301 g/mol. The van der Waals surface area contributed by atoms with Gasteiger partial charge in [-0.15, -0.1) is 11.3 Å². The van der Waals surface area contributed by atoms with Crippen molar-refractivity contribution in [1.82, 2.24) is 4.98 Å². The van der Waals surface area contributed by atoms with Crippen LogP contribution >= 0.6 is 11.3 Å². The third-order valence-electron chi connectivity index (χ3n) is 4.43. The molecule has 2 heterocycles. The van der Waals surface area contributed by atoms with Gasteiger partial charge in [0.15, 0.2) is 0 Å². The smallest absolute Gasteiger partial charge is 0.113 e. The van der Waals surface area contributed by atoms with Gasteiger partial charge in [-0.3, -0.25) is 0 Å². The zero-order chi connectivity index (χ0) is 14.9. The lowest BCUT2D eigenvalue weighted by molar-refractivity contribution is 0.341. The Balaban J connectivity index is 1.74. The van der Waals surface area contributed by atoms with Crippen LogP contribution < -0.4 is 10.6 Å². The van der Waals surface area contributed by atoms with Crippen LogP contribution in [0.1, 0.15) is 35.3 Å². The summed E-state index contributed by atoms with van der Waals surface area (Å²) in [6.45, 7) is 6.32. The van der Waals surface area contributed by atoms with Crippen LogP contribution in [0.25, 0.3) is 0 Å². The quantitative estimate of drug-likeness (QED) is 0.944. The van der Waals surface area contributed by atoms with E-state index in [0.717, 1.165) is 37.4 Å². The molecule has 2 aromatic rings. The Morgan fingerprint density at radius 2 is 1.90 bits per heavy atom. The molecule has 1 saturated heterocycles. The molecule has 0 amide bonds. The van der Waals surface area contributed by atoms with E-state index in [1.807, 2.05) is 0 Å². The Bertz CT molecular complexity index is 598. The number of piperidine rings is 1. The highest BCUT2D eigenvalue weighted by atomic mass is 32.1. The number of nitrogens with zero attached hydrogens (tertiary/aromatic N) is 2. The molecule has 1 aliphatic rings. The number of aryl methyl sites for hydroxylation is 2. The zero-order valence-electron chi connectivity index (χ0n) is 12.8. The molecule has 2 N–H and O–H groups in total. The van der Waals surface area contributed by atoms with Crippen LogP contribution in [-0.4, -0.2) is 18.1 Å². The highest BCUT2D eigenvalue weighted by molar-refractivity contribution is 7.11. The van der Waals surface area contributed by atoms with E-state index in [1.54, 1.807) is 11.3 Å². The minimum absolute atomic E-state index is 0.242. The zero-order valence-corrected chi connectivity index (χ0v) is 13.6. The van der Waals surface area contributed by atoms with Gasteiger partial charge in [0.05, 0.1) is 11.2 Å². The van der Waals surface area contributed by atoms with Gasteiger partial charge in [0, 0.05) is 23.7 Å². The molecule has 0 aliphatic carbocycles. The van der Waals surface area contributed by atoms with Crippen LogP contribution in [0, 0.1) is 6.92 Å². The van der Waals surface area contributed by atoms with Crippen molar-refractivity contribution >= 4 is 17.0 Å². The highest BCUT2D eigenvalue weighted by Gasteiger charge is 2.35. The lowest BCUT2D eigenvalue weighted by Crippen LogP contribution is -2.48. The second kappa shape index (κ2) is 5.78. The third kappa shape index (κ3) is 2.83. The summed E-state index contributed by atoms with van der Waals surface area (Å²) in [7, 11) is 0. The number of hydrogen-bond donors (Lipinski definition) is 1. The van der Waals surface area contributed by atoms with Crippen molar-refractivity contribution in [3.05, 3.63) is 45.9 Å². The van der Waals surface area contributed by atoms with Gasteiger partial charge in [-0.2, -0.15) is 0 Å². The second-order valence-electron chi connectivity index (χ2n) is 5.85. The molecule has 3 rings (SSSR count). The van der Waals surface area contributed by atoms with Crippen LogP contribution in [-0.2, 0) is 12.0 Å². The summed E-state index contributed by atoms with van der Waals surface area (Å²) in [6, 6.07) is 10.6. The number of thiazole rings is 1. The maximum Gasteiger partial charge on any atom is 0.113 e. The normalized spacial score (nSPS) is 18.0. The number of anilines is 1. The molecule has 1 aliphatic heterocycles. The van der Waals surface area contributed by atoms with Crippen molar-refractivity contribution in [2.75, 3.05) is 18.0 Å². The van der Waals surface area contributed by atoms with E-state index < -0.39 is 0 Å². The molecule has 0 radical (unpaired) electrons. The van der Waals surface area contributed by atoms with Gasteiger partial charge in [0.2, 0.25) is 0 Å². The first-order valence-corrected chi connectivity index (χ1v) is 8.50. The number of para-hydroxylation sites is 1. The van der Waals surface area contributed by atoms with Crippen molar-refractivity contribution < 1.29 is 0 Å². The molecular weight excluding hydrogens is 278 g/mol. The molecule has 112 valence electrons. The Morgan fingerprint density at radius 1 is 1.24 bits per heavy atom. The van der Waals surface area contributed by atoms with E-state index in [0.29, 0.717) is 0 Å². The van der Waals surface area contributed by atoms with Crippen LogP contribution in [0.4, 0.5) is 5.69 Å². The van der Waals surface area contributed by atoms with E-state index in [1.165, 1.54) is 16.3 Å². The maximum atomic E-state index is 6.68. The largest absolute Gasteiger partial charge is 0.371 e. The molecule has 0 bridgehead atoms. The Kier molecular flexibility index (Phi) is 4.00. The molecule has 0 atom stereocenters. The second-order valence-corrected chi connectivity index (χ2v) is 7.06. The molecule has 0 saturated carbocycles. The Labute approximate surface area is 130 Å².